The summed E-state index contributed by atoms with van der Waals surface area (Å²) in [5.74, 6) is 1.73. The Labute approximate surface area is 163 Å². The summed E-state index contributed by atoms with van der Waals surface area (Å²) in [7, 11) is 0. The first-order chi connectivity index (χ1) is 12.9. The van der Waals surface area contributed by atoms with Gasteiger partial charge >= 0.3 is 0 Å². The Morgan fingerprint density at radius 1 is 1.11 bits per heavy atom. The van der Waals surface area contributed by atoms with Crippen LogP contribution in [0.4, 0.5) is 0 Å². The van der Waals surface area contributed by atoms with Crippen LogP contribution in [-0.2, 0) is 6.54 Å². The normalized spacial score (nSPS) is 16.5. The van der Waals surface area contributed by atoms with Gasteiger partial charge in [0.25, 0.3) is 0 Å². The van der Waals surface area contributed by atoms with E-state index in [-0.39, 0.29) is 12.4 Å². The van der Waals surface area contributed by atoms with Gasteiger partial charge in [-0.05, 0) is 30.7 Å². The van der Waals surface area contributed by atoms with Crippen molar-refractivity contribution < 1.29 is 4.52 Å². The van der Waals surface area contributed by atoms with Gasteiger partial charge < -0.3 is 14.4 Å². The third kappa shape index (κ3) is 3.46. The van der Waals surface area contributed by atoms with Crippen molar-refractivity contribution in [3.63, 3.8) is 0 Å². The molecule has 0 saturated carbocycles. The molecule has 1 aliphatic rings. The molecule has 1 atom stereocenters. The van der Waals surface area contributed by atoms with Crippen molar-refractivity contribution in [1.82, 2.24) is 25.0 Å². The SMILES string of the molecule is Cl.c1ccc2c(c1)ncn2Cc1ccc(-c2noc([C@@H]3CCNC3)n2)cc1. The Morgan fingerprint density at radius 3 is 2.78 bits per heavy atom. The highest BCUT2D eigenvalue weighted by Crippen LogP contribution is 2.24. The maximum atomic E-state index is 5.45. The second-order valence-corrected chi connectivity index (χ2v) is 6.70. The summed E-state index contributed by atoms with van der Waals surface area (Å²) in [6.07, 6.45) is 2.94. The molecule has 0 spiro atoms. The zero-order valence-corrected chi connectivity index (χ0v) is 15.5. The van der Waals surface area contributed by atoms with E-state index in [1.54, 1.807) is 0 Å². The number of nitrogens with zero attached hydrogens (tertiary/aromatic N) is 4. The zero-order valence-electron chi connectivity index (χ0n) is 14.7. The highest BCUT2D eigenvalue weighted by Gasteiger charge is 2.23. The molecule has 27 heavy (non-hydrogen) atoms. The van der Waals surface area contributed by atoms with Gasteiger partial charge in [0.05, 0.1) is 23.3 Å². The maximum Gasteiger partial charge on any atom is 0.231 e. The predicted molar refractivity (Wildman–Crippen MR) is 106 cm³/mol. The maximum absolute atomic E-state index is 5.45. The van der Waals surface area contributed by atoms with E-state index >= 15 is 0 Å². The summed E-state index contributed by atoms with van der Waals surface area (Å²) in [4.78, 5) is 9.02. The molecule has 138 valence electrons. The molecule has 1 saturated heterocycles. The van der Waals surface area contributed by atoms with Crippen molar-refractivity contribution in [2.45, 2.75) is 18.9 Å². The molecule has 0 bridgehead atoms. The van der Waals surface area contributed by atoms with E-state index in [0.29, 0.717) is 11.7 Å². The molecular formula is C20H20ClN5O. The Hall–Kier alpha value is -2.70. The number of hydrogen-bond donors (Lipinski definition) is 1. The lowest BCUT2D eigenvalue weighted by atomic mass is 10.1. The van der Waals surface area contributed by atoms with Crippen molar-refractivity contribution in [2.75, 3.05) is 13.1 Å². The fraction of sp³-hybridized carbons (Fsp3) is 0.250. The molecule has 5 rings (SSSR count). The Bertz CT molecular complexity index is 1030. The number of rotatable bonds is 4. The summed E-state index contributed by atoms with van der Waals surface area (Å²) < 4.78 is 7.61. The van der Waals surface area contributed by atoms with E-state index in [1.165, 1.54) is 5.56 Å². The molecule has 1 fully saturated rings. The Kier molecular flexibility index (Phi) is 4.92. The second-order valence-electron chi connectivity index (χ2n) is 6.70. The lowest BCUT2D eigenvalue weighted by molar-refractivity contribution is 0.359. The first kappa shape index (κ1) is 17.7. The second kappa shape index (κ2) is 7.50. The molecule has 2 aromatic carbocycles. The minimum absolute atomic E-state index is 0. The van der Waals surface area contributed by atoms with Gasteiger partial charge in [-0.25, -0.2) is 4.98 Å². The summed E-state index contributed by atoms with van der Waals surface area (Å²) >= 11 is 0. The molecule has 0 aliphatic carbocycles. The molecule has 4 aromatic rings. The van der Waals surface area contributed by atoms with Crippen LogP contribution in [0.5, 0.6) is 0 Å². The molecule has 0 unspecified atom stereocenters. The number of halogens is 1. The van der Waals surface area contributed by atoms with Crippen LogP contribution in [0.2, 0.25) is 0 Å². The van der Waals surface area contributed by atoms with Crippen molar-refractivity contribution >= 4 is 23.4 Å². The van der Waals surface area contributed by atoms with Gasteiger partial charge in [-0.3, -0.25) is 0 Å². The van der Waals surface area contributed by atoms with E-state index in [4.69, 9.17) is 4.52 Å². The first-order valence-electron chi connectivity index (χ1n) is 8.90. The molecule has 1 aliphatic heterocycles. The quantitative estimate of drug-likeness (QED) is 0.584. The fourth-order valence-corrected chi connectivity index (χ4v) is 3.48. The highest BCUT2D eigenvalue weighted by atomic mass is 35.5. The van der Waals surface area contributed by atoms with Crippen LogP contribution in [0.1, 0.15) is 23.8 Å². The van der Waals surface area contributed by atoms with E-state index in [1.807, 2.05) is 24.5 Å². The number of para-hydroxylation sites is 2. The summed E-state index contributed by atoms with van der Waals surface area (Å²) in [6.45, 7) is 2.71. The average molecular weight is 382 g/mol. The van der Waals surface area contributed by atoms with E-state index in [2.05, 4.69) is 55.3 Å². The van der Waals surface area contributed by atoms with Crippen molar-refractivity contribution in [3.8, 4) is 11.4 Å². The molecule has 3 heterocycles. The number of imidazole rings is 1. The van der Waals surface area contributed by atoms with Crippen molar-refractivity contribution in [3.05, 3.63) is 66.3 Å². The van der Waals surface area contributed by atoms with Gasteiger partial charge in [0.1, 0.15) is 0 Å². The van der Waals surface area contributed by atoms with Crippen LogP contribution < -0.4 is 5.32 Å². The molecule has 2 aromatic heterocycles. The Balaban J connectivity index is 0.00000180. The molecule has 0 radical (unpaired) electrons. The van der Waals surface area contributed by atoms with Gasteiger partial charge in [-0.2, -0.15) is 4.98 Å². The smallest absolute Gasteiger partial charge is 0.231 e. The third-order valence-corrected chi connectivity index (χ3v) is 4.94. The average Bonchev–Trinajstić information content (AvgIpc) is 3.43. The summed E-state index contributed by atoms with van der Waals surface area (Å²) in [5, 5.41) is 7.47. The lowest BCUT2D eigenvalue weighted by Gasteiger charge is -2.05. The monoisotopic (exact) mass is 381 g/mol. The van der Waals surface area contributed by atoms with Crippen LogP contribution in [0.3, 0.4) is 0 Å². The number of hydrogen-bond acceptors (Lipinski definition) is 5. The van der Waals surface area contributed by atoms with Crippen molar-refractivity contribution in [1.29, 1.82) is 0 Å². The van der Waals surface area contributed by atoms with Crippen LogP contribution in [-0.4, -0.2) is 32.8 Å². The van der Waals surface area contributed by atoms with Gasteiger partial charge in [0, 0.05) is 18.7 Å². The fourth-order valence-electron chi connectivity index (χ4n) is 3.48. The third-order valence-electron chi connectivity index (χ3n) is 4.94. The minimum atomic E-state index is 0. The number of benzene rings is 2. The lowest BCUT2D eigenvalue weighted by Crippen LogP contribution is -2.08. The van der Waals surface area contributed by atoms with E-state index in [9.17, 15) is 0 Å². The summed E-state index contributed by atoms with van der Waals surface area (Å²) in [6, 6.07) is 16.5. The molecule has 0 amide bonds. The number of nitrogens with one attached hydrogen (secondary N) is 1. The largest absolute Gasteiger partial charge is 0.339 e. The standard InChI is InChI=1S/C20H19N5O.ClH/c1-2-4-18-17(3-1)22-13-25(18)12-14-5-7-15(8-6-14)19-23-20(26-24-19)16-9-10-21-11-16;/h1-8,13,16,21H,9-12H2;1H/t16-;/m1./s1. The predicted octanol–water partition coefficient (Wildman–Crippen LogP) is 3.63. The van der Waals surface area contributed by atoms with Gasteiger partial charge in [0.2, 0.25) is 11.7 Å². The molecular weight excluding hydrogens is 362 g/mol. The molecule has 6 nitrogen and oxygen atoms in total. The van der Waals surface area contributed by atoms with Crippen LogP contribution in [0.25, 0.3) is 22.4 Å². The van der Waals surface area contributed by atoms with Crippen LogP contribution in [0, 0.1) is 0 Å². The van der Waals surface area contributed by atoms with Gasteiger partial charge in [0.15, 0.2) is 0 Å². The zero-order chi connectivity index (χ0) is 17.3. The van der Waals surface area contributed by atoms with Gasteiger partial charge in [-0.15, -0.1) is 12.4 Å². The topological polar surface area (TPSA) is 68.8 Å². The molecule has 1 N–H and O–H groups in total. The number of aromatic nitrogens is 4. The number of fused-ring (bicyclic) bond motifs is 1. The highest BCUT2D eigenvalue weighted by molar-refractivity contribution is 5.85. The Morgan fingerprint density at radius 2 is 1.96 bits per heavy atom. The van der Waals surface area contributed by atoms with Crippen molar-refractivity contribution in [2.24, 2.45) is 0 Å². The summed E-state index contributed by atoms with van der Waals surface area (Å²) in [5.41, 5.74) is 4.35. The van der Waals surface area contributed by atoms with E-state index < -0.39 is 0 Å². The minimum Gasteiger partial charge on any atom is -0.339 e. The molecule has 7 heteroatoms. The first-order valence-corrected chi connectivity index (χ1v) is 8.90. The van der Waals surface area contributed by atoms with Crippen LogP contribution >= 0.6 is 12.4 Å². The van der Waals surface area contributed by atoms with Gasteiger partial charge in [-0.1, -0.05) is 41.6 Å². The van der Waals surface area contributed by atoms with Crippen LogP contribution in [0.15, 0.2) is 59.4 Å². The van der Waals surface area contributed by atoms with E-state index in [0.717, 1.165) is 48.5 Å².